The number of anilines is 4. The molecule has 1 unspecified atom stereocenters. The number of amides is 4. The van der Waals surface area contributed by atoms with Crippen molar-refractivity contribution in [2.75, 3.05) is 99.4 Å². The summed E-state index contributed by atoms with van der Waals surface area (Å²) in [6.45, 7) is 25.9. The molecule has 3 aliphatic heterocycles. The maximum atomic E-state index is 13.4. The molecule has 16 rings (SSSR count). The number of ketones is 1. The van der Waals surface area contributed by atoms with Gasteiger partial charge in [0, 0.05) is 128 Å². The Morgan fingerprint density at radius 3 is 1.93 bits per heavy atom. The van der Waals surface area contributed by atoms with E-state index in [0.29, 0.717) is 94.8 Å². The van der Waals surface area contributed by atoms with Crippen molar-refractivity contribution in [1.82, 2.24) is 24.8 Å². The largest absolute Gasteiger partial charge is 0.497 e. The van der Waals surface area contributed by atoms with Crippen LogP contribution in [0.5, 0.6) is 11.5 Å². The second-order valence-corrected chi connectivity index (χ2v) is 42.2. The van der Waals surface area contributed by atoms with Gasteiger partial charge in [-0.25, -0.2) is 27.7 Å². The number of sulfonamides is 1. The van der Waals surface area contributed by atoms with Gasteiger partial charge in [-0.05, 0) is 244 Å². The van der Waals surface area contributed by atoms with E-state index in [-0.39, 0.29) is 78.3 Å². The second-order valence-electron chi connectivity index (χ2n) is 38.6. The number of aromatic nitrogens is 1. The zero-order chi connectivity index (χ0) is 106. The number of nitro benzene ring substituents is 1. The van der Waals surface area contributed by atoms with Crippen LogP contribution in [0, 0.1) is 88.2 Å². The number of ether oxygens (including phenoxy) is 5. The number of terminal acetylenes is 1. The van der Waals surface area contributed by atoms with Gasteiger partial charge in [0.2, 0.25) is 21.8 Å². The summed E-state index contributed by atoms with van der Waals surface area (Å²) in [5.74, 6) is 4.43. The molecule has 0 spiro atoms. The molecule has 148 heavy (non-hydrogen) atoms. The number of hydrogen-bond acceptors (Lipinski definition) is 23. The molecule has 5 heterocycles. The first kappa shape index (κ1) is 112. The molecular formula is C118H133N11O16S3. The number of pyridine rings is 1. The normalized spacial score (nSPS) is 13.4. The van der Waals surface area contributed by atoms with Crippen molar-refractivity contribution in [2.45, 2.75) is 194 Å². The van der Waals surface area contributed by atoms with Crippen molar-refractivity contribution in [1.29, 1.82) is 5.26 Å². The number of likely N-dealkylation sites (tertiary alicyclic amines) is 1. The van der Waals surface area contributed by atoms with Crippen molar-refractivity contribution in [3.8, 4) is 29.9 Å². The molecule has 2 aromatic heterocycles. The molecule has 2 saturated heterocycles. The third kappa shape index (κ3) is 32.7. The highest BCUT2D eigenvalue weighted by atomic mass is 32.2. The Balaban J connectivity index is 0.000000166. The first-order valence-electron chi connectivity index (χ1n) is 50.0. The fourth-order valence-electron chi connectivity index (χ4n) is 18.2. The van der Waals surface area contributed by atoms with Gasteiger partial charge in [0.15, 0.2) is 5.78 Å². The quantitative estimate of drug-likeness (QED) is 0.00859. The molecule has 4 aliphatic rings. The Labute approximate surface area is 877 Å². The number of para-hydroxylation sites is 1. The summed E-state index contributed by atoms with van der Waals surface area (Å²) in [6, 6.07) is 73.0. The maximum Gasteiger partial charge on any atom is 0.350 e. The van der Waals surface area contributed by atoms with E-state index in [1.165, 1.54) is 66.8 Å². The SMILES string of the molecule is C#CCN(Cc1ccc(C)cc1)c1ccc(C#N)cc1[N+](=O)[O-].CC(C)(C)NS(=O)(=O)c1ccccc1CNC(=O)CCC1CCCCC1.COc1ccc(COCC(CCC(=O)c2cc(C)cc(C)c2)OC(=O)c2cc(C)cc(C)c2)cc1.COc1cccc(N2CCN(C(=O)c3ccccc3SCC(=O)N3CCc4ccccc43)CC2)c1.Cc1cc(C)c2c(N)c(C(=O)OCc3ccc(C(=O)N4CCCC4)cc3)sc2n1. The smallest absolute Gasteiger partial charge is 0.350 e. The number of nitrogens with two attached hydrogens (primary N) is 1. The lowest BCUT2D eigenvalue weighted by atomic mass is 9.86. The average Bonchev–Trinajstić information content (AvgIpc) is 1.65. The number of nitrogen functional groups attached to an aromatic ring is 1. The average molecular weight is 2060 g/mol. The van der Waals surface area contributed by atoms with Crippen LogP contribution in [0.15, 0.2) is 240 Å². The topological polar surface area (TPSA) is 346 Å². The predicted molar refractivity (Wildman–Crippen MR) is 585 cm³/mol. The minimum atomic E-state index is -3.63. The van der Waals surface area contributed by atoms with Crippen LogP contribution in [0.2, 0.25) is 0 Å². The second kappa shape index (κ2) is 54.2. The van der Waals surface area contributed by atoms with Crippen LogP contribution in [0.1, 0.15) is 215 Å². The lowest BCUT2D eigenvalue weighted by Crippen LogP contribution is -2.48. The Morgan fingerprint density at radius 1 is 0.642 bits per heavy atom. The van der Waals surface area contributed by atoms with E-state index in [9.17, 15) is 52.1 Å². The number of thioether (sulfide) groups is 1. The highest BCUT2D eigenvalue weighted by molar-refractivity contribution is 8.00. The van der Waals surface area contributed by atoms with Crippen LogP contribution in [0.4, 0.5) is 28.4 Å². The number of Topliss-reactive ketones (excluding diaryl/α,β-unsaturated/α-hetero) is 1. The monoisotopic (exact) mass is 2060 g/mol. The van der Waals surface area contributed by atoms with E-state index < -0.39 is 38.5 Å². The van der Waals surface area contributed by atoms with Crippen LogP contribution in [-0.2, 0) is 66.5 Å². The fourth-order valence-corrected chi connectivity index (χ4v) is 21.9. The van der Waals surface area contributed by atoms with Crippen LogP contribution in [0.25, 0.3) is 10.2 Å². The molecule has 30 heteroatoms. The van der Waals surface area contributed by atoms with Crippen molar-refractivity contribution >= 4 is 113 Å². The molecule has 1 aliphatic carbocycles. The molecular weight excluding hydrogens is 1920 g/mol. The number of methoxy groups -OCH3 is 2. The highest BCUT2D eigenvalue weighted by Gasteiger charge is 2.32. The number of carbonyl (C=O) groups is 7. The van der Waals surface area contributed by atoms with Crippen LogP contribution in [-0.4, -0.2) is 160 Å². The molecule has 4 N–H and O–H groups in total. The van der Waals surface area contributed by atoms with Gasteiger partial charge in [0.1, 0.15) is 39.6 Å². The number of nitro groups is 1. The molecule has 27 nitrogen and oxygen atoms in total. The summed E-state index contributed by atoms with van der Waals surface area (Å²) in [6.07, 6.45) is 16.3. The van der Waals surface area contributed by atoms with E-state index in [1.54, 1.807) is 88.4 Å². The van der Waals surface area contributed by atoms with Gasteiger partial charge in [-0.15, -0.1) is 29.5 Å². The summed E-state index contributed by atoms with van der Waals surface area (Å²) in [7, 11) is -0.333. The van der Waals surface area contributed by atoms with E-state index in [1.807, 2.05) is 233 Å². The maximum absolute atomic E-state index is 13.4. The van der Waals surface area contributed by atoms with Gasteiger partial charge < -0.3 is 59.2 Å². The van der Waals surface area contributed by atoms with Crippen molar-refractivity contribution in [2.24, 2.45) is 5.92 Å². The number of carbonyl (C=O) groups excluding carboxylic acids is 7. The van der Waals surface area contributed by atoms with Crippen LogP contribution in [0.3, 0.4) is 0 Å². The fraction of sp³-hybridized carbons (Fsp3) is 0.347. The Morgan fingerprint density at radius 2 is 1.27 bits per heavy atom. The lowest BCUT2D eigenvalue weighted by Gasteiger charge is -2.36. The number of esters is 2. The molecule has 12 aromatic rings. The van der Waals surface area contributed by atoms with Crippen molar-refractivity contribution in [3.05, 3.63) is 340 Å². The van der Waals surface area contributed by atoms with Crippen molar-refractivity contribution in [3.63, 3.8) is 0 Å². The Hall–Kier alpha value is -14.5. The molecule has 4 amide bonds. The van der Waals surface area contributed by atoms with E-state index in [4.69, 9.17) is 41.1 Å². The third-order valence-corrected chi connectivity index (χ3v) is 29.6. The number of nitrogens with one attached hydrogen (secondary N) is 2. The summed E-state index contributed by atoms with van der Waals surface area (Å²) in [4.78, 5) is 116. The molecule has 774 valence electrons. The minimum Gasteiger partial charge on any atom is -0.497 e. The van der Waals surface area contributed by atoms with E-state index in [0.717, 1.165) is 152 Å². The standard InChI is InChI=1S/C30H34O5.C28H29N3O3S.C22H23N3O3S.C20H32N2O3S.C18H15N3O2/c1-20-12-21(2)15-25(14-20)29(31)11-10-28(19-34-18-24-6-8-27(33-5)9-7-24)35-30(32)26-16-22(3)13-23(4)17-26;1-34-23-9-6-8-22(19-23)29-15-17-30(18-16-29)28(33)24-10-3-5-12-26(24)35-20-27(32)31-14-13-21-7-2-4-11-25(21)31;1-13-11-14(2)24-20-17(13)18(23)19(29-20)22(27)28-12-15-5-7-16(8-6-15)21(26)25-9-3-4-10-25;1-20(2,3)22-26(24,25)18-12-8-7-11-17(18)15-21-19(23)14-13-16-9-5-4-6-10-16;1-3-10-20(13-15-6-4-14(2)5-7-15)17-9-8-16(12-19)11-18(17)21(22)23/h6-9,12-17,28H,10-11,18-19H2,1-5H3;2-12,19H,13-18,20H2,1H3;5-8,11H,3-4,9-10,12,23H2,1-2H3;7-8,11-12,16,22H,4-6,9-10,13-15H2,1-3H3,(H,21,23);1,4-9,11H,10,13H2,2H3. The number of rotatable bonds is 33. The number of fused-ring (bicyclic) bond motifs is 2. The molecule has 0 bridgehead atoms. The first-order valence-corrected chi connectivity index (χ1v) is 53.2. The summed E-state index contributed by atoms with van der Waals surface area (Å²) < 4.78 is 55.6. The summed E-state index contributed by atoms with van der Waals surface area (Å²) in [5.41, 5.74) is 23.0. The minimum absolute atomic E-state index is 0.00782. The van der Waals surface area contributed by atoms with Gasteiger partial charge in [-0.3, -0.25) is 34.1 Å². The molecule has 1 atom stereocenters. The van der Waals surface area contributed by atoms with Crippen LogP contribution < -0.4 is 39.9 Å². The van der Waals surface area contributed by atoms with Crippen molar-refractivity contribution < 1.29 is 70.6 Å². The number of aryl methyl sites for hydroxylation is 7. The predicted octanol–water partition coefficient (Wildman–Crippen LogP) is 21.9. The highest BCUT2D eigenvalue weighted by Crippen LogP contribution is 2.38. The lowest BCUT2D eigenvalue weighted by molar-refractivity contribution is -0.384. The number of piperazine rings is 1. The zero-order valence-electron chi connectivity index (χ0n) is 86.5. The van der Waals surface area contributed by atoms with Crippen LogP contribution >= 0.6 is 23.1 Å². The van der Waals surface area contributed by atoms with E-state index >= 15 is 0 Å². The number of benzene rings is 10. The number of thiophene rings is 1. The molecule has 3 fully saturated rings. The summed E-state index contributed by atoms with van der Waals surface area (Å²) >= 11 is 2.70. The zero-order valence-corrected chi connectivity index (χ0v) is 88.9. The number of nitriles is 1. The Bertz CT molecular complexity index is 6810. The molecule has 0 radical (unpaired) electrons. The Kier molecular flexibility index (Phi) is 41.1. The van der Waals surface area contributed by atoms with Gasteiger partial charge in [0.05, 0.1) is 78.0 Å². The van der Waals surface area contributed by atoms with Gasteiger partial charge >= 0.3 is 11.9 Å². The number of nitrogens with zero attached hydrogens (tertiary/aromatic N) is 8. The van der Waals surface area contributed by atoms with Gasteiger partial charge in [0.25, 0.3) is 17.5 Å². The summed E-state index contributed by atoms with van der Waals surface area (Å²) in [5, 5.41) is 23.9. The third-order valence-electron chi connectivity index (χ3n) is 25.6. The van der Waals surface area contributed by atoms with E-state index in [2.05, 4.69) is 38.0 Å². The molecule has 10 aromatic carbocycles. The molecule has 1 saturated carbocycles. The van der Waals surface area contributed by atoms with Gasteiger partial charge in [-0.2, -0.15) is 5.26 Å². The first-order chi connectivity index (χ1) is 71.0. The van der Waals surface area contributed by atoms with Gasteiger partial charge in [-0.1, -0.05) is 181 Å². The number of hydrogen-bond donors (Lipinski definition) is 3.